The quantitative estimate of drug-likeness (QED) is 0.600. The van der Waals surface area contributed by atoms with Crippen LogP contribution in [-0.4, -0.2) is 56.7 Å². The highest BCUT2D eigenvalue weighted by atomic mass is 35.5. The van der Waals surface area contributed by atoms with Gasteiger partial charge >= 0.3 is 0 Å². The van der Waals surface area contributed by atoms with Gasteiger partial charge in [-0.15, -0.1) is 11.6 Å². The molecule has 0 heterocycles. The van der Waals surface area contributed by atoms with Crippen LogP contribution >= 0.6 is 11.6 Å². The lowest BCUT2D eigenvalue weighted by Crippen LogP contribution is -2.64. The largest absolute Gasteiger partial charge is 0.393 e. The molecule has 0 bridgehead atoms. The number of fused-ring (bicyclic) bond motifs is 5. The Morgan fingerprint density at radius 3 is 2.64 bits per heavy atom. The third-order valence-corrected chi connectivity index (χ3v) is 8.49. The van der Waals surface area contributed by atoms with Gasteiger partial charge in [0.05, 0.1) is 18.1 Å². The molecule has 7 heteroatoms. The summed E-state index contributed by atoms with van der Waals surface area (Å²) in [5.41, 5.74) is -3.61. The lowest BCUT2D eigenvalue weighted by molar-refractivity contribution is -0.188. The van der Waals surface area contributed by atoms with Crippen molar-refractivity contribution in [2.24, 2.45) is 28.6 Å². The van der Waals surface area contributed by atoms with Crippen molar-refractivity contribution in [1.29, 1.82) is 0 Å². The summed E-state index contributed by atoms with van der Waals surface area (Å²) in [6.07, 6.45) is 1.16. The van der Waals surface area contributed by atoms with Gasteiger partial charge in [-0.1, -0.05) is 19.9 Å². The van der Waals surface area contributed by atoms with Gasteiger partial charge < -0.3 is 15.3 Å². The summed E-state index contributed by atoms with van der Waals surface area (Å²) in [6, 6.07) is 0. The van der Waals surface area contributed by atoms with E-state index in [0.29, 0.717) is 5.57 Å². The molecule has 0 spiro atoms. The molecule has 4 rings (SSSR count). The number of alkyl halides is 2. The zero-order chi connectivity index (χ0) is 20.6. The van der Waals surface area contributed by atoms with Crippen LogP contribution in [0.2, 0.25) is 0 Å². The van der Waals surface area contributed by atoms with Gasteiger partial charge in [0.25, 0.3) is 0 Å². The number of aliphatic hydroxyl groups excluding tert-OH is 2. The Morgan fingerprint density at radius 1 is 1.32 bits per heavy atom. The molecule has 0 saturated heterocycles. The fraction of sp³-hybridized carbons (Fsp3) is 0.714. The maximum Gasteiger partial charge on any atom is 0.182 e. The topological polar surface area (TPSA) is 94.8 Å². The first-order valence-electron chi connectivity index (χ1n) is 9.77. The standard InChI is InChI=1S/C21H26ClFO5/c1-19-4-3-10(24)5-13(19)14(23)6-11-12-7-16(26)21(28,17(27)9-22)20(12,2)8-15(25)18(11)19/h3-5,11-12,14-16,18,25-26,28H,6-9H2,1-2H3/t11-,12-,14?,15?,16?,18+,19-,20-,21-/m0/s1. The van der Waals surface area contributed by atoms with Crippen molar-refractivity contribution in [2.45, 2.75) is 57.1 Å². The highest BCUT2D eigenvalue weighted by Crippen LogP contribution is 2.67. The first-order chi connectivity index (χ1) is 13.0. The predicted molar refractivity (Wildman–Crippen MR) is 100 cm³/mol. The van der Waals surface area contributed by atoms with Crippen LogP contribution in [0.4, 0.5) is 4.39 Å². The van der Waals surface area contributed by atoms with Gasteiger partial charge in [0, 0.05) is 16.7 Å². The van der Waals surface area contributed by atoms with Gasteiger partial charge in [-0.25, -0.2) is 4.39 Å². The molecule has 3 saturated carbocycles. The van der Waals surface area contributed by atoms with E-state index in [2.05, 4.69) is 0 Å². The number of carbonyl (C=O) groups is 2. The number of rotatable bonds is 2. The van der Waals surface area contributed by atoms with Crippen molar-refractivity contribution >= 4 is 23.2 Å². The Morgan fingerprint density at radius 2 is 2.00 bits per heavy atom. The molecule has 0 aromatic rings. The lowest BCUT2D eigenvalue weighted by Gasteiger charge is -2.59. The number of Topliss-reactive ketones (excluding diaryl/α,β-unsaturated/α-hetero) is 1. The normalized spacial score (nSPS) is 52.5. The number of hydrogen-bond acceptors (Lipinski definition) is 5. The van der Waals surface area contributed by atoms with E-state index in [9.17, 15) is 24.9 Å². The second-order valence-corrected chi connectivity index (χ2v) is 9.65. The second kappa shape index (κ2) is 6.21. The molecule has 3 N–H and O–H groups in total. The smallest absolute Gasteiger partial charge is 0.182 e. The number of carbonyl (C=O) groups excluding carboxylic acids is 2. The molecule has 4 aliphatic rings. The lowest BCUT2D eigenvalue weighted by atomic mass is 9.46. The third kappa shape index (κ3) is 2.29. The van der Waals surface area contributed by atoms with Crippen molar-refractivity contribution in [3.8, 4) is 0 Å². The Bertz CT molecular complexity index is 796. The van der Waals surface area contributed by atoms with E-state index in [-0.39, 0.29) is 42.8 Å². The van der Waals surface area contributed by atoms with E-state index in [1.165, 1.54) is 12.2 Å². The van der Waals surface area contributed by atoms with Crippen LogP contribution in [0.3, 0.4) is 0 Å². The van der Waals surface area contributed by atoms with Crippen molar-refractivity contribution < 1.29 is 29.3 Å². The minimum Gasteiger partial charge on any atom is -0.393 e. The number of aliphatic hydroxyl groups is 3. The van der Waals surface area contributed by atoms with Gasteiger partial charge in [-0.05, 0) is 48.8 Å². The molecule has 0 aliphatic heterocycles. The zero-order valence-corrected chi connectivity index (χ0v) is 16.7. The van der Waals surface area contributed by atoms with E-state index in [1.54, 1.807) is 13.0 Å². The van der Waals surface area contributed by atoms with Gasteiger partial charge in [0.1, 0.15) is 6.17 Å². The van der Waals surface area contributed by atoms with E-state index in [0.717, 1.165) is 0 Å². The van der Waals surface area contributed by atoms with E-state index in [1.807, 2.05) is 6.92 Å². The monoisotopic (exact) mass is 412 g/mol. The van der Waals surface area contributed by atoms with Crippen LogP contribution in [0.5, 0.6) is 0 Å². The van der Waals surface area contributed by atoms with Crippen molar-refractivity contribution in [1.82, 2.24) is 0 Å². The Balaban J connectivity index is 1.81. The minimum atomic E-state index is -2.06. The molecule has 0 amide bonds. The molecule has 3 fully saturated rings. The van der Waals surface area contributed by atoms with Crippen LogP contribution in [0.15, 0.2) is 23.8 Å². The fourth-order valence-electron chi connectivity index (χ4n) is 6.95. The first-order valence-corrected chi connectivity index (χ1v) is 10.3. The van der Waals surface area contributed by atoms with Crippen LogP contribution in [-0.2, 0) is 9.59 Å². The molecule has 3 unspecified atom stereocenters. The van der Waals surface area contributed by atoms with Gasteiger partial charge in [-0.3, -0.25) is 9.59 Å². The van der Waals surface area contributed by atoms with Gasteiger partial charge in [0.15, 0.2) is 17.2 Å². The Hall–Kier alpha value is -1.08. The summed E-state index contributed by atoms with van der Waals surface area (Å²) >= 11 is 5.71. The highest BCUT2D eigenvalue weighted by molar-refractivity contribution is 6.29. The van der Waals surface area contributed by atoms with Crippen molar-refractivity contribution in [2.75, 3.05) is 5.88 Å². The summed E-state index contributed by atoms with van der Waals surface area (Å²) in [4.78, 5) is 24.3. The molecular weight excluding hydrogens is 387 g/mol. The van der Waals surface area contributed by atoms with E-state index in [4.69, 9.17) is 11.6 Å². The van der Waals surface area contributed by atoms with Crippen LogP contribution in [0.25, 0.3) is 0 Å². The van der Waals surface area contributed by atoms with E-state index >= 15 is 4.39 Å². The average Bonchev–Trinajstić information content (AvgIpc) is 2.83. The zero-order valence-electron chi connectivity index (χ0n) is 15.9. The molecular formula is C21H26ClFO5. The van der Waals surface area contributed by atoms with Crippen LogP contribution in [0, 0.1) is 28.6 Å². The number of halogens is 2. The first kappa shape index (κ1) is 20.2. The summed E-state index contributed by atoms with van der Waals surface area (Å²) in [5, 5.41) is 33.0. The van der Waals surface area contributed by atoms with Crippen LogP contribution < -0.4 is 0 Å². The van der Waals surface area contributed by atoms with Gasteiger partial charge in [-0.2, -0.15) is 0 Å². The molecule has 0 radical (unpaired) electrons. The van der Waals surface area contributed by atoms with Gasteiger partial charge in [0.2, 0.25) is 0 Å². The van der Waals surface area contributed by atoms with Crippen molar-refractivity contribution in [3.05, 3.63) is 23.8 Å². The molecule has 0 aromatic carbocycles. The molecule has 0 aromatic heterocycles. The predicted octanol–water partition coefficient (Wildman–Crippen LogP) is 1.72. The summed E-state index contributed by atoms with van der Waals surface area (Å²) < 4.78 is 15.2. The molecule has 4 aliphatic carbocycles. The number of allylic oxidation sites excluding steroid dienone is 4. The Labute approximate surface area is 168 Å². The average molecular weight is 413 g/mol. The summed E-state index contributed by atoms with van der Waals surface area (Å²) in [7, 11) is 0. The second-order valence-electron chi connectivity index (χ2n) is 9.38. The SMILES string of the molecule is C[C@]12C=CC(=O)C=C1C(F)C[C@@H]1[C@@H]2C(O)C[C@@]2(C)[C@H]1CC(O)[C@]2(O)C(=O)CCl. The summed E-state index contributed by atoms with van der Waals surface area (Å²) in [6.45, 7) is 3.53. The fourth-order valence-corrected chi connectivity index (χ4v) is 7.16. The molecule has 154 valence electrons. The highest BCUT2D eigenvalue weighted by Gasteiger charge is 2.71. The van der Waals surface area contributed by atoms with Crippen LogP contribution in [0.1, 0.15) is 33.1 Å². The number of ketones is 2. The van der Waals surface area contributed by atoms with E-state index < -0.39 is 46.5 Å². The number of hydrogen-bond donors (Lipinski definition) is 3. The maximum atomic E-state index is 15.2. The van der Waals surface area contributed by atoms with Crippen molar-refractivity contribution in [3.63, 3.8) is 0 Å². The molecule has 9 atom stereocenters. The Kier molecular flexibility index (Phi) is 4.48. The molecule has 5 nitrogen and oxygen atoms in total. The molecule has 28 heavy (non-hydrogen) atoms. The minimum absolute atomic E-state index is 0.0857. The summed E-state index contributed by atoms with van der Waals surface area (Å²) in [5.74, 6) is -2.44. The third-order valence-electron chi connectivity index (χ3n) is 8.24. The maximum absolute atomic E-state index is 15.2.